The third-order valence-corrected chi connectivity index (χ3v) is 4.70. The van der Waals surface area contributed by atoms with E-state index in [2.05, 4.69) is 21.2 Å². The van der Waals surface area contributed by atoms with Crippen LogP contribution in [0, 0.1) is 5.82 Å². The van der Waals surface area contributed by atoms with Crippen molar-refractivity contribution in [2.75, 3.05) is 14.2 Å². The molecule has 5 heteroatoms. The van der Waals surface area contributed by atoms with Gasteiger partial charge in [-0.25, -0.2) is 4.39 Å². The number of ether oxygens (including phenoxy) is 1. The van der Waals surface area contributed by atoms with Gasteiger partial charge in [-0.3, -0.25) is 0 Å². The Bertz CT molecular complexity index is 424. The summed E-state index contributed by atoms with van der Waals surface area (Å²) < 4.78 is 20.3. The van der Waals surface area contributed by atoms with Crippen molar-refractivity contribution >= 4 is 27.5 Å². The van der Waals surface area contributed by atoms with Crippen LogP contribution >= 0.6 is 27.5 Å². The fourth-order valence-electron chi connectivity index (χ4n) is 2.02. The summed E-state index contributed by atoms with van der Waals surface area (Å²) in [6.45, 7) is 3.95. The smallest absolute Gasteiger partial charge is 0.147 e. The molecule has 0 aliphatic rings. The summed E-state index contributed by atoms with van der Waals surface area (Å²) in [6, 6.07) is 3.20. The van der Waals surface area contributed by atoms with Gasteiger partial charge in [0.15, 0.2) is 0 Å². The van der Waals surface area contributed by atoms with Gasteiger partial charge < -0.3 is 10.1 Å². The third-order valence-electron chi connectivity index (χ3n) is 3.44. The van der Waals surface area contributed by atoms with Crippen LogP contribution in [0.3, 0.4) is 0 Å². The standard InChI is InChI=1S/C13H18BrClFNO/c1-5-13(2,18-4)12(17-3)8-6-7-9(14)10(15)11(8)16/h6-7,12,17H,5H2,1-4H3. The van der Waals surface area contributed by atoms with Crippen molar-refractivity contribution in [3.05, 3.63) is 33.0 Å². The molecule has 102 valence electrons. The molecule has 0 aliphatic carbocycles. The van der Waals surface area contributed by atoms with Crippen LogP contribution in [0.25, 0.3) is 0 Å². The Morgan fingerprint density at radius 1 is 1.56 bits per heavy atom. The number of halogens is 3. The van der Waals surface area contributed by atoms with E-state index in [0.717, 1.165) is 6.42 Å². The molecule has 0 saturated carbocycles. The average molecular weight is 339 g/mol. The van der Waals surface area contributed by atoms with E-state index >= 15 is 0 Å². The van der Waals surface area contributed by atoms with Crippen LogP contribution in [0.1, 0.15) is 31.9 Å². The molecule has 1 rings (SSSR count). The Hall–Kier alpha value is -0.160. The van der Waals surface area contributed by atoms with Gasteiger partial charge in [0.05, 0.1) is 16.7 Å². The van der Waals surface area contributed by atoms with E-state index in [1.165, 1.54) is 0 Å². The fourth-order valence-corrected chi connectivity index (χ4v) is 2.50. The Balaban J connectivity index is 3.30. The van der Waals surface area contributed by atoms with Crippen molar-refractivity contribution in [2.45, 2.75) is 31.9 Å². The van der Waals surface area contributed by atoms with Gasteiger partial charge in [-0.15, -0.1) is 0 Å². The second kappa shape index (κ2) is 6.33. The Morgan fingerprint density at radius 2 is 2.17 bits per heavy atom. The zero-order valence-electron chi connectivity index (χ0n) is 11.0. The summed E-state index contributed by atoms with van der Waals surface area (Å²) >= 11 is 9.14. The maximum absolute atomic E-state index is 14.2. The Morgan fingerprint density at radius 3 is 2.61 bits per heavy atom. The molecule has 0 heterocycles. The molecule has 0 aliphatic heterocycles. The lowest BCUT2D eigenvalue weighted by Crippen LogP contribution is -2.42. The molecule has 0 radical (unpaired) electrons. The first-order chi connectivity index (χ1) is 8.41. The Labute approximate surface area is 121 Å². The highest BCUT2D eigenvalue weighted by atomic mass is 79.9. The minimum Gasteiger partial charge on any atom is -0.377 e. The van der Waals surface area contributed by atoms with Gasteiger partial charge in [-0.05, 0) is 42.4 Å². The highest BCUT2D eigenvalue weighted by molar-refractivity contribution is 9.10. The van der Waals surface area contributed by atoms with Crippen molar-refractivity contribution in [1.29, 1.82) is 0 Å². The van der Waals surface area contributed by atoms with Crippen molar-refractivity contribution < 1.29 is 9.13 Å². The minimum absolute atomic E-state index is 0.0994. The van der Waals surface area contributed by atoms with Crippen molar-refractivity contribution in [3.63, 3.8) is 0 Å². The van der Waals surface area contributed by atoms with E-state index in [1.807, 2.05) is 13.8 Å². The number of likely N-dealkylation sites (N-methyl/N-ethyl adjacent to an activating group) is 1. The van der Waals surface area contributed by atoms with Gasteiger partial charge in [0.25, 0.3) is 0 Å². The lowest BCUT2D eigenvalue weighted by Gasteiger charge is -2.36. The highest BCUT2D eigenvalue weighted by Crippen LogP contribution is 2.36. The number of methoxy groups -OCH3 is 1. The normalized spacial score (nSPS) is 16.4. The summed E-state index contributed by atoms with van der Waals surface area (Å²) in [5.41, 5.74) is 0.0177. The molecule has 18 heavy (non-hydrogen) atoms. The molecule has 1 aromatic carbocycles. The molecule has 2 unspecified atom stereocenters. The highest BCUT2D eigenvalue weighted by Gasteiger charge is 2.35. The quantitative estimate of drug-likeness (QED) is 0.807. The van der Waals surface area contributed by atoms with E-state index in [1.54, 1.807) is 26.3 Å². The van der Waals surface area contributed by atoms with Crippen LogP contribution in [0.4, 0.5) is 4.39 Å². The van der Waals surface area contributed by atoms with Gasteiger partial charge in [-0.1, -0.05) is 24.6 Å². The lowest BCUT2D eigenvalue weighted by molar-refractivity contribution is -0.0289. The molecule has 1 N–H and O–H groups in total. The van der Waals surface area contributed by atoms with Crippen molar-refractivity contribution in [3.8, 4) is 0 Å². The molecular formula is C13H18BrClFNO. The number of hydrogen-bond acceptors (Lipinski definition) is 2. The summed E-state index contributed by atoms with van der Waals surface area (Å²) in [7, 11) is 3.42. The molecule has 2 nitrogen and oxygen atoms in total. The molecule has 0 aromatic heterocycles. The molecule has 0 saturated heterocycles. The van der Waals surface area contributed by atoms with Gasteiger partial charge in [0.2, 0.25) is 0 Å². The van der Waals surface area contributed by atoms with Gasteiger partial charge in [0, 0.05) is 17.1 Å². The second-order valence-electron chi connectivity index (χ2n) is 4.36. The predicted molar refractivity (Wildman–Crippen MR) is 76.6 cm³/mol. The molecule has 0 bridgehead atoms. The van der Waals surface area contributed by atoms with Crippen LogP contribution in [-0.4, -0.2) is 19.8 Å². The summed E-state index contributed by atoms with van der Waals surface area (Å²) in [6.07, 6.45) is 0.752. The van der Waals surface area contributed by atoms with E-state index in [9.17, 15) is 4.39 Å². The zero-order chi connectivity index (χ0) is 13.9. The summed E-state index contributed by atoms with van der Waals surface area (Å²) in [4.78, 5) is 0. The van der Waals surface area contributed by atoms with Crippen LogP contribution in [-0.2, 0) is 4.74 Å². The molecule has 0 spiro atoms. The number of benzene rings is 1. The molecule has 1 aromatic rings. The summed E-state index contributed by atoms with van der Waals surface area (Å²) in [5.74, 6) is -0.415. The predicted octanol–water partition coefficient (Wildman–Crippen LogP) is 4.32. The van der Waals surface area contributed by atoms with Gasteiger partial charge in [0.1, 0.15) is 5.82 Å². The number of nitrogens with one attached hydrogen (secondary N) is 1. The van der Waals surface area contributed by atoms with Crippen LogP contribution in [0.15, 0.2) is 16.6 Å². The SMILES string of the molecule is CCC(C)(OC)C(NC)c1ccc(Br)c(Cl)c1F. The summed E-state index contributed by atoms with van der Waals surface area (Å²) in [5, 5.41) is 3.21. The van der Waals surface area contributed by atoms with E-state index < -0.39 is 11.4 Å². The van der Waals surface area contributed by atoms with Crippen molar-refractivity contribution in [2.24, 2.45) is 0 Å². The maximum Gasteiger partial charge on any atom is 0.147 e. The third kappa shape index (κ3) is 2.87. The van der Waals surface area contributed by atoms with Crippen molar-refractivity contribution in [1.82, 2.24) is 5.32 Å². The van der Waals surface area contributed by atoms with E-state index in [0.29, 0.717) is 10.0 Å². The lowest BCUT2D eigenvalue weighted by atomic mass is 9.87. The maximum atomic E-state index is 14.2. The van der Waals surface area contributed by atoms with Crippen LogP contribution < -0.4 is 5.32 Å². The van der Waals surface area contributed by atoms with Gasteiger partial charge in [-0.2, -0.15) is 0 Å². The minimum atomic E-state index is -0.493. The average Bonchev–Trinajstić information content (AvgIpc) is 2.39. The van der Waals surface area contributed by atoms with Crippen LogP contribution in [0.5, 0.6) is 0 Å². The molecule has 0 fully saturated rings. The molecule has 2 atom stereocenters. The number of rotatable bonds is 5. The zero-order valence-corrected chi connectivity index (χ0v) is 13.3. The second-order valence-corrected chi connectivity index (χ2v) is 5.59. The number of hydrogen-bond donors (Lipinski definition) is 1. The Kier molecular flexibility index (Phi) is 5.59. The van der Waals surface area contributed by atoms with E-state index in [-0.39, 0.29) is 11.1 Å². The first kappa shape index (κ1) is 15.9. The topological polar surface area (TPSA) is 21.3 Å². The first-order valence-corrected chi connectivity index (χ1v) is 6.94. The monoisotopic (exact) mass is 337 g/mol. The largest absolute Gasteiger partial charge is 0.377 e. The fraction of sp³-hybridized carbons (Fsp3) is 0.538. The first-order valence-electron chi connectivity index (χ1n) is 5.77. The van der Waals surface area contributed by atoms with Crippen LogP contribution in [0.2, 0.25) is 5.02 Å². The van der Waals surface area contributed by atoms with E-state index in [4.69, 9.17) is 16.3 Å². The van der Waals surface area contributed by atoms with Gasteiger partial charge >= 0.3 is 0 Å². The molecule has 0 amide bonds. The molecular weight excluding hydrogens is 321 g/mol.